The van der Waals surface area contributed by atoms with Gasteiger partial charge in [0.2, 0.25) is 5.91 Å². The molecule has 236 valence electrons. The summed E-state index contributed by atoms with van der Waals surface area (Å²) >= 11 is 0. The van der Waals surface area contributed by atoms with Gasteiger partial charge < -0.3 is 19.4 Å². The number of hydrazine groups is 1. The van der Waals surface area contributed by atoms with Crippen LogP contribution in [-0.2, 0) is 14.3 Å². The highest BCUT2D eigenvalue weighted by molar-refractivity contribution is 5.78. The smallest absolute Gasteiger partial charge is 0.237 e. The normalized spacial score (nSPS) is 24.6. The summed E-state index contributed by atoms with van der Waals surface area (Å²) in [6, 6.07) is 9.88. The maximum atomic E-state index is 13.7. The van der Waals surface area contributed by atoms with Crippen molar-refractivity contribution in [2.75, 3.05) is 59.0 Å². The number of piperazine rings is 1. The SMILES string of the molecule is C=O.CC.CCCCCC1CN(CC(=O)N2CCCCC2CCN2CCOCC2)CC2=CC(c3ccc(C)cc3)NN21. The molecular weight excluding hydrogens is 526 g/mol. The highest BCUT2D eigenvalue weighted by Crippen LogP contribution is 2.32. The molecule has 0 saturated carbocycles. The number of carbonyl (C=O) groups excluding carboxylic acids is 2. The summed E-state index contributed by atoms with van der Waals surface area (Å²) in [7, 11) is 0. The van der Waals surface area contributed by atoms with E-state index in [-0.39, 0.29) is 6.04 Å². The van der Waals surface area contributed by atoms with Crippen LogP contribution in [0.15, 0.2) is 36.0 Å². The molecule has 0 spiro atoms. The zero-order valence-corrected chi connectivity index (χ0v) is 26.9. The van der Waals surface area contributed by atoms with Crippen molar-refractivity contribution in [1.29, 1.82) is 0 Å². The van der Waals surface area contributed by atoms with Crippen molar-refractivity contribution < 1.29 is 14.3 Å². The molecule has 1 aromatic rings. The van der Waals surface area contributed by atoms with Crippen LogP contribution >= 0.6 is 0 Å². The molecule has 3 saturated heterocycles. The van der Waals surface area contributed by atoms with Gasteiger partial charge in [-0.3, -0.25) is 14.6 Å². The molecule has 3 fully saturated rings. The standard InChI is InChI=1S/C31H49N5O2.C2H6.CH2O/c1-3-4-5-9-28-22-34(23-29-21-30(32-36(28)29)26-12-10-25(2)11-13-26)24-31(37)35-15-7-6-8-27(35)14-16-33-17-19-38-20-18-33;2*1-2/h10-13,21,27-28,30,32H,3-9,14-20,22-24H2,1-2H3;1-2H3;1H2. The van der Waals surface area contributed by atoms with Gasteiger partial charge in [-0.25, -0.2) is 5.43 Å². The average Bonchev–Trinajstić information content (AvgIpc) is 3.47. The second-order valence-electron chi connectivity index (χ2n) is 11.8. The van der Waals surface area contributed by atoms with E-state index in [0.29, 0.717) is 24.5 Å². The van der Waals surface area contributed by atoms with Crippen molar-refractivity contribution >= 4 is 12.7 Å². The maximum Gasteiger partial charge on any atom is 0.237 e. The molecule has 4 aliphatic heterocycles. The number of likely N-dealkylation sites (tertiary alicyclic amines) is 1. The van der Waals surface area contributed by atoms with E-state index in [1.165, 1.54) is 42.5 Å². The van der Waals surface area contributed by atoms with Crippen molar-refractivity contribution in [2.45, 2.75) is 97.2 Å². The Morgan fingerprint density at radius 3 is 2.43 bits per heavy atom. The third kappa shape index (κ3) is 9.63. The molecule has 1 aromatic carbocycles. The fourth-order valence-corrected chi connectivity index (χ4v) is 6.67. The van der Waals surface area contributed by atoms with Crippen LogP contribution in [0, 0.1) is 6.92 Å². The summed E-state index contributed by atoms with van der Waals surface area (Å²) in [5.41, 5.74) is 7.74. The quantitative estimate of drug-likeness (QED) is 0.391. The first-order valence-electron chi connectivity index (χ1n) is 16.5. The number of amides is 1. The zero-order chi connectivity index (χ0) is 30.3. The van der Waals surface area contributed by atoms with Crippen LogP contribution in [0.25, 0.3) is 0 Å². The largest absolute Gasteiger partial charge is 0.379 e. The summed E-state index contributed by atoms with van der Waals surface area (Å²) < 4.78 is 5.52. The number of carbonyl (C=O) groups is 2. The number of ether oxygens (including phenoxy) is 1. The Labute approximate surface area is 255 Å². The summed E-state index contributed by atoms with van der Waals surface area (Å²) in [4.78, 5) is 28.9. The van der Waals surface area contributed by atoms with Crippen LogP contribution in [0.2, 0.25) is 0 Å². The number of nitrogens with zero attached hydrogens (tertiary/aromatic N) is 4. The molecule has 3 atom stereocenters. The van der Waals surface area contributed by atoms with Gasteiger partial charge in [0.05, 0.1) is 31.8 Å². The Morgan fingerprint density at radius 2 is 1.71 bits per heavy atom. The van der Waals surface area contributed by atoms with Crippen molar-refractivity contribution in [1.82, 2.24) is 25.1 Å². The Bertz CT molecular complexity index is 949. The van der Waals surface area contributed by atoms with Crippen LogP contribution in [0.5, 0.6) is 0 Å². The Morgan fingerprint density at radius 1 is 0.976 bits per heavy atom. The van der Waals surface area contributed by atoms with Gasteiger partial charge in [-0.1, -0.05) is 69.9 Å². The Hall–Kier alpha value is -2.26. The van der Waals surface area contributed by atoms with Crippen molar-refractivity contribution in [3.05, 3.63) is 47.2 Å². The number of rotatable bonds is 10. The number of nitrogens with one attached hydrogen (secondary N) is 1. The minimum Gasteiger partial charge on any atom is -0.379 e. The number of hydrogen-bond acceptors (Lipinski definition) is 7. The second kappa shape index (κ2) is 18.4. The van der Waals surface area contributed by atoms with E-state index >= 15 is 0 Å². The number of fused-ring (bicyclic) bond motifs is 1. The van der Waals surface area contributed by atoms with Crippen molar-refractivity contribution in [3.63, 3.8) is 0 Å². The van der Waals surface area contributed by atoms with Crippen LogP contribution < -0.4 is 5.43 Å². The van der Waals surface area contributed by atoms with E-state index in [1.807, 2.05) is 20.6 Å². The molecule has 3 unspecified atom stereocenters. The topological polar surface area (TPSA) is 68.4 Å². The molecule has 8 heteroatoms. The van der Waals surface area contributed by atoms with Gasteiger partial charge in [0.25, 0.3) is 0 Å². The molecule has 1 amide bonds. The third-order valence-corrected chi connectivity index (χ3v) is 8.93. The first-order valence-corrected chi connectivity index (χ1v) is 16.5. The summed E-state index contributed by atoms with van der Waals surface area (Å²) in [5.74, 6) is 0.332. The number of piperidine rings is 1. The maximum absolute atomic E-state index is 13.7. The molecule has 4 heterocycles. The van der Waals surface area contributed by atoms with Gasteiger partial charge in [-0.15, -0.1) is 0 Å². The van der Waals surface area contributed by atoms with E-state index in [4.69, 9.17) is 9.53 Å². The lowest BCUT2D eigenvalue weighted by molar-refractivity contribution is -0.137. The molecule has 1 N–H and O–H groups in total. The minimum absolute atomic E-state index is 0.210. The van der Waals surface area contributed by atoms with Gasteiger partial charge in [-0.05, 0) is 50.7 Å². The lowest BCUT2D eigenvalue weighted by Gasteiger charge is -2.43. The summed E-state index contributed by atoms with van der Waals surface area (Å²) in [5, 5.41) is 2.44. The number of morpholine rings is 1. The summed E-state index contributed by atoms with van der Waals surface area (Å²) in [6.45, 7) is 18.5. The second-order valence-corrected chi connectivity index (χ2v) is 11.8. The van der Waals surface area contributed by atoms with Gasteiger partial charge in [-0.2, -0.15) is 0 Å². The molecule has 0 radical (unpaired) electrons. The monoisotopic (exact) mass is 583 g/mol. The van der Waals surface area contributed by atoms with E-state index < -0.39 is 0 Å². The lowest BCUT2D eigenvalue weighted by atomic mass is 9.98. The fraction of sp³-hybridized carbons (Fsp3) is 0.706. The number of hydrogen-bond donors (Lipinski definition) is 1. The van der Waals surface area contributed by atoms with E-state index in [2.05, 4.69) is 69.3 Å². The van der Waals surface area contributed by atoms with E-state index in [0.717, 1.165) is 78.2 Å². The van der Waals surface area contributed by atoms with Crippen molar-refractivity contribution in [3.8, 4) is 0 Å². The average molecular weight is 584 g/mol. The fourth-order valence-electron chi connectivity index (χ4n) is 6.67. The Kier molecular flexibility index (Phi) is 15.0. The number of aryl methyl sites for hydroxylation is 1. The first-order chi connectivity index (χ1) is 20.6. The zero-order valence-electron chi connectivity index (χ0n) is 26.9. The molecular formula is C34H57N5O3. The highest BCUT2D eigenvalue weighted by atomic mass is 16.5. The molecule has 0 aromatic heterocycles. The Balaban J connectivity index is 0.00000116. The first kappa shape index (κ1) is 34.2. The highest BCUT2D eigenvalue weighted by Gasteiger charge is 2.37. The predicted octanol–water partition coefficient (Wildman–Crippen LogP) is 4.95. The number of benzene rings is 1. The van der Waals surface area contributed by atoms with Crippen LogP contribution in [0.3, 0.4) is 0 Å². The lowest BCUT2D eigenvalue weighted by Crippen LogP contribution is -2.57. The predicted molar refractivity (Wildman–Crippen MR) is 171 cm³/mol. The van der Waals surface area contributed by atoms with Gasteiger partial charge in [0.15, 0.2) is 0 Å². The molecule has 4 aliphatic rings. The van der Waals surface area contributed by atoms with Gasteiger partial charge in [0, 0.05) is 51.0 Å². The van der Waals surface area contributed by atoms with E-state index in [9.17, 15) is 4.79 Å². The van der Waals surface area contributed by atoms with Gasteiger partial charge >= 0.3 is 0 Å². The minimum atomic E-state index is 0.210. The van der Waals surface area contributed by atoms with Crippen LogP contribution in [0.1, 0.15) is 89.3 Å². The van der Waals surface area contributed by atoms with Crippen LogP contribution in [0.4, 0.5) is 0 Å². The molecule has 42 heavy (non-hydrogen) atoms. The molecule has 5 rings (SSSR count). The van der Waals surface area contributed by atoms with Crippen molar-refractivity contribution in [2.24, 2.45) is 0 Å². The third-order valence-electron chi connectivity index (χ3n) is 8.93. The molecule has 0 aliphatic carbocycles. The number of unbranched alkanes of at least 4 members (excludes halogenated alkanes) is 2. The van der Waals surface area contributed by atoms with Gasteiger partial charge in [0.1, 0.15) is 6.79 Å². The molecule has 0 bridgehead atoms. The summed E-state index contributed by atoms with van der Waals surface area (Å²) in [6.07, 6.45) is 11.9. The molecule has 8 nitrogen and oxygen atoms in total. The van der Waals surface area contributed by atoms with Crippen LogP contribution in [-0.4, -0.2) is 104 Å². The van der Waals surface area contributed by atoms with E-state index in [1.54, 1.807) is 0 Å².